The summed E-state index contributed by atoms with van der Waals surface area (Å²) in [6.07, 6.45) is 4.20. The summed E-state index contributed by atoms with van der Waals surface area (Å²) in [5.74, 6) is 1.53. The highest BCUT2D eigenvalue weighted by Crippen LogP contribution is 2.32. The Morgan fingerprint density at radius 2 is 1.93 bits per heavy atom. The smallest absolute Gasteiger partial charge is 0.258 e. The van der Waals surface area contributed by atoms with E-state index in [1.807, 2.05) is 36.4 Å². The molecule has 140 valence electrons. The monoisotopic (exact) mass is 383 g/mol. The van der Waals surface area contributed by atoms with Crippen LogP contribution in [0.15, 0.2) is 48.5 Å². The number of fused-ring (bicyclic) bond motifs is 1. The molecule has 0 radical (unpaired) electrons. The van der Waals surface area contributed by atoms with Gasteiger partial charge in [-0.1, -0.05) is 48.7 Å². The second-order valence-electron chi connectivity index (χ2n) is 6.92. The molecular formula is C21H22ClN3O2. The number of aromatic nitrogens is 2. The first-order chi connectivity index (χ1) is 13.2. The number of carbonyl (C=O) groups excluding carboxylic acids is 1. The van der Waals surface area contributed by atoms with E-state index in [-0.39, 0.29) is 24.5 Å². The van der Waals surface area contributed by atoms with Gasteiger partial charge in [-0.3, -0.25) is 4.79 Å². The molecule has 0 aliphatic heterocycles. The van der Waals surface area contributed by atoms with Gasteiger partial charge in [-0.05, 0) is 37.1 Å². The molecule has 2 atom stereocenters. The molecule has 5 nitrogen and oxygen atoms in total. The highest BCUT2D eigenvalue weighted by molar-refractivity contribution is 6.32. The summed E-state index contributed by atoms with van der Waals surface area (Å²) < 4.78 is 5.56. The molecule has 0 spiro atoms. The van der Waals surface area contributed by atoms with Crippen LogP contribution in [0.25, 0.3) is 11.0 Å². The third-order valence-electron chi connectivity index (χ3n) is 5.07. The maximum absolute atomic E-state index is 12.4. The number of rotatable bonds is 5. The topological polar surface area (TPSA) is 67.0 Å². The van der Waals surface area contributed by atoms with Gasteiger partial charge in [-0.25, -0.2) is 4.98 Å². The van der Waals surface area contributed by atoms with Crippen LogP contribution in [-0.4, -0.2) is 28.5 Å². The number of amides is 1. The third kappa shape index (κ3) is 4.08. The zero-order valence-electron chi connectivity index (χ0n) is 15.0. The zero-order chi connectivity index (χ0) is 18.6. The van der Waals surface area contributed by atoms with E-state index in [1.165, 1.54) is 0 Å². The van der Waals surface area contributed by atoms with Crippen molar-refractivity contribution in [2.75, 3.05) is 6.61 Å². The van der Waals surface area contributed by atoms with Gasteiger partial charge in [0.15, 0.2) is 6.61 Å². The van der Waals surface area contributed by atoms with E-state index in [0.717, 1.165) is 42.5 Å². The van der Waals surface area contributed by atoms with Gasteiger partial charge in [-0.2, -0.15) is 0 Å². The van der Waals surface area contributed by atoms with E-state index < -0.39 is 0 Å². The molecule has 1 amide bonds. The van der Waals surface area contributed by atoms with Gasteiger partial charge in [0.2, 0.25) is 0 Å². The van der Waals surface area contributed by atoms with E-state index in [9.17, 15) is 4.79 Å². The molecule has 1 aromatic heterocycles. The SMILES string of the molecule is O=C(COc1ccccc1Cl)NC1CCCCC1c1nc2ccccc2[nH]1. The molecule has 3 aromatic rings. The number of carbonyl (C=O) groups is 1. The van der Waals surface area contributed by atoms with Crippen molar-refractivity contribution in [2.45, 2.75) is 37.6 Å². The summed E-state index contributed by atoms with van der Waals surface area (Å²) in [5.41, 5.74) is 2.00. The van der Waals surface area contributed by atoms with Crippen molar-refractivity contribution in [3.63, 3.8) is 0 Å². The minimum absolute atomic E-state index is 0.0485. The van der Waals surface area contributed by atoms with Crippen LogP contribution in [0.3, 0.4) is 0 Å². The summed E-state index contributed by atoms with van der Waals surface area (Å²) in [5, 5.41) is 3.64. The first-order valence-corrected chi connectivity index (χ1v) is 9.70. The number of aromatic amines is 1. The van der Waals surface area contributed by atoms with Crippen LogP contribution in [0.4, 0.5) is 0 Å². The van der Waals surface area contributed by atoms with Crippen LogP contribution in [0.5, 0.6) is 5.75 Å². The first-order valence-electron chi connectivity index (χ1n) is 9.32. The van der Waals surface area contributed by atoms with Crippen LogP contribution < -0.4 is 10.1 Å². The fourth-order valence-electron chi connectivity index (χ4n) is 3.73. The quantitative estimate of drug-likeness (QED) is 0.684. The van der Waals surface area contributed by atoms with E-state index in [1.54, 1.807) is 12.1 Å². The molecule has 1 saturated carbocycles. The average Bonchev–Trinajstić information content (AvgIpc) is 3.12. The fourth-order valence-corrected chi connectivity index (χ4v) is 3.92. The van der Waals surface area contributed by atoms with Crippen LogP contribution in [-0.2, 0) is 4.79 Å². The van der Waals surface area contributed by atoms with Gasteiger partial charge in [0.25, 0.3) is 5.91 Å². The molecule has 0 saturated heterocycles. The predicted octanol–water partition coefficient (Wildman–Crippen LogP) is 4.44. The number of nitrogens with one attached hydrogen (secondary N) is 2. The number of imidazole rings is 1. The normalized spacial score (nSPS) is 19.7. The van der Waals surface area contributed by atoms with Crippen LogP contribution in [0.1, 0.15) is 37.4 Å². The minimum Gasteiger partial charge on any atom is -0.482 e. The largest absolute Gasteiger partial charge is 0.482 e. The number of para-hydroxylation sites is 3. The average molecular weight is 384 g/mol. The summed E-state index contributed by atoms with van der Waals surface area (Å²) in [4.78, 5) is 20.6. The molecule has 1 aliphatic rings. The van der Waals surface area contributed by atoms with Gasteiger partial charge < -0.3 is 15.0 Å². The first kappa shape index (κ1) is 17.9. The fraction of sp³-hybridized carbons (Fsp3) is 0.333. The molecule has 1 aliphatic carbocycles. The number of hydrogen-bond donors (Lipinski definition) is 2. The summed E-state index contributed by atoms with van der Waals surface area (Å²) in [6, 6.07) is 15.2. The maximum Gasteiger partial charge on any atom is 0.258 e. The van der Waals surface area contributed by atoms with Crippen molar-refractivity contribution in [1.82, 2.24) is 15.3 Å². The predicted molar refractivity (Wildman–Crippen MR) is 106 cm³/mol. The lowest BCUT2D eigenvalue weighted by Crippen LogP contribution is -2.43. The Morgan fingerprint density at radius 1 is 1.15 bits per heavy atom. The summed E-state index contributed by atoms with van der Waals surface area (Å²) >= 11 is 6.07. The van der Waals surface area contributed by atoms with Gasteiger partial charge in [0, 0.05) is 12.0 Å². The lowest BCUT2D eigenvalue weighted by Gasteiger charge is -2.30. The Kier molecular flexibility index (Phi) is 5.30. The van der Waals surface area contributed by atoms with Gasteiger partial charge in [0.1, 0.15) is 11.6 Å². The minimum atomic E-state index is -0.136. The van der Waals surface area contributed by atoms with Crippen molar-refractivity contribution in [1.29, 1.82) is 0 Å². The van der Waals surface area contributed by atoms with E-state index >= 15 is 0 Å². The Balaban J connectivity index is 1.43. The lowest BCUT2D eigenvalue weighted by atomic mass is 9.84. The lowest BCUT2D eigenvalue weighted by molar-refractivity contribution is -0.124. The summed E-state index contributed by atoms with van der Waals surface area (Å²) in [7, 11) is 0. The highest BCUT2D eigenvalue weighted by Gasteiger charge is 2.30. The second kappa shape index (κ2) is 8.01. The maximum atomic E-state index is 12.4. The number of nitrogens with zero attached hydrogens (tertiary/aromatic N) is 1. The van der Waals surface area contributed by atoms with Gasteiger partial charge in [-0.15, -0.1) is 0 Å². The number of H-pyrrole nitrogens is 1. The molecule has 1 heterocycles. The van der Waals surface area contributed by atoms with Crippen LogP contribution in [0, 0.1) is 0 Å². The molecule has 1 fully saturated rings. The molecule has 2 aromatic carbocycles. The Morgan fingerprint density at radius 3 is 2.78 bits per heavy atom. The Labute approximate surface area is 163 Å². The molecule has 2 N–H and O–H groups in total. The molecule has 0 bridgehead atoms. The molecule has 4 rings (SSSR count). The Bertz CT molecular complexity index is 907. The van der Waals surface area contributed by atoms with E-state index in [2.05, 4.69) is 10.3 Å². The standard InChI is InChI=1S/C21H22ClN3O2/c22-15-8-2-6-12-19(15)27-13-20(26)23-16-9-3-1-7-14(16)21-24-17-10-4-5-11-18(17)25-21/h2,4-6,8,10-12,14,16H,1,3,7,9,13H2,(H,23,26)(H,24,25). The molecule has 6 heteroatoms. The van der Waals surface area contributed by atoms with Gasteiger partial charge in [0.05, 0.1) is 16.1 Å². The molecule has 27 heavy (non-hydrogen) atoms. The van der Waals surface area contributed by atoms with E-state index in [4.69, 9.17) is 21.3 Å². The number of benzene rings is 2. The third-order valence-corrected chi connectivity index (χ3v) is 5.38. The second-order valence-corrected chi connectivity index (χ2v) is 7.33. The van der Waals surface area contributed by atoms with E-state index in [0.29, 0.717) is 10.8 Å². The Hall–Kier alpha value is -2.53. The molecule has 2 unspecified atom stereocenters. The van der Waals surface area contributed by atoms with Crippen LogP contribution in [0.2, 0.25) is 5.02 Å². The van der Waals surface area contributed by atoms with Crippen molar-refractivity contribution in [2.24, 2.45) is 0 Å². The van der Waals surface area contributed by atoms with Crippen LogP contribution >= 0.6 is 11.6 Å². The molecular weight excluding hydrogens is 362 g/mol. The number of hydrogen-bond acceptors (Lipinski definition) is 3. The van der Waals surface area contributed by atoms with Gasteiger partial charge >= 0.3 is 0 Å². The van der Waals surface area contributed by atoms with Crippen molar-refractivity contribution >= 4 is 28.5 Å². The highest BCUT2D eigenvalue weighted by atomic mass is 35.5. The number of halogens is 1. The summed E-state index contributed by atoms with van der Waals surface area (Å²) in [6.45, 7) is -0.0485. The van der Waals surface area contributed by atoms with Crippen molar-refractivity contribution in [3.05, 3.63) is 59.4 Å². The number of ether oxygens (including phenoxy) is 1. The van der Waals surface area contributed by atoms with Crippen molar-refractivity contribution < 1.29 is 9.53 Å². The van der Waals surface area contributed by atoms with Crippen molar-refractivity contribution in [3.8, 4) is 5.75 Å². The zero-order valence-corrected chi connectivity index (χ0v) is 15.7.